The standard InChI is InChI=1S/C5H12S/c1-4-5(2,3)6/h6H,4H2,1-3H3. The van der Waals surface area contributed by atoms with Gasteiger partial charge >= 0.3 is 0 Å². The average molecular weight is 104 g/mol. The molecule has 0 aliphatic carbocycles. The predicted molar refractivity (Wildman–Crippen MR) is 33.4 cm³/mol. The Labute approximate surface area is 45.4 Å². The number of rotatable bonds is 1. The van der Waals surface area contributed by atoms with E-state index in [0.29, 0.717) is 0 Å². The lowest BCUT2D eigenvalue weighted by Crippen LogP contribution is -2.06. The maximum absolute atomic E-state index is 4.25. The smallest absolute Gasteiger partial charge is 0.00705 e. The van der Waals surface area contributed by atoms with Crippen molar-refractivity contribution in [3.8, 4) is 0 Å². The molecule has 0 fully saturated rings. The first-order chi connectivity index (χ1) is 2.56. The highest BCUT2D eigenvalue weighted by Gasteiger charge is 2.04. The van der Waals surface area contributed by atoms with Crippen LogP contribution >= 0.6 is 12.6 Å². The molecule has 0 bridgehead atoms. The van der Waals surface area contributed by atoms with Crippen molar-refractivity contribution >= 4 is 12.6 Å². The first-order valence-corrected chi connectivity index (χ1v) is 2.73. The van der Waals surface area contributed by atoms with Crippen LogP contribution in [-0.2, 0) is 0 Å². The van der Waals surface area contributed by atoms with E-state index in [1.54, 1.807) is 0 Å². The SMILES string of the molecule is CCC(C)(C)S. The van der Waals surface area contributed by atoms with Gasteiger partial charge in [0, 0.05) is 4.75 Å². The summed E-state index contributed by atoms with van der Waals surface area (Å²) >= 11 is 4.25. The minimum absolute atomic E-state index is 0.236. The van der Waals surface area contributed by atoms with Crippen LogP contribution in [-0.4, -0.2) is 4.75 Å². The lowest BCUT2D eigenvalue weighted by molar-refractivity contribution is 0.691. The third-order valence-electron chi connectivity index (χ3n) is 0.865. The molecule has 0 unspecified atom stereocenters. The summed E-state index contributed by atoms with van der Waals surface area (Å²) in [6.45, 7) is 6.35. The van der Waals surface area contributed by atoms with Crippen LogP contribution in [0.15, 0.2) is 0 Å². The molecule has 0 heterocycles. The third kappa shape index (κ3) is 4.35. The topological polar surface area (TPSA) is 0 Å². The molecule has 0 saturated carbocycles. The van der Waals surface area contributed by atoms with Crippen molar-refractivity contribution in [1.82, 2.24) is 0 Å². The predicted octanol–water partition coefficient (Wildman–Crippen LogP) is 2.10. The molecular formula is C5H12S. The van der Waals surface area contributed by atoms with Gasteiger partial charge in [0.1, 0.15) is 0 Å². The van der Waals surface area contributed by atoms with Crippen molar-refractivity contribution in [3.63, 3.8) is 0 Å². The molecule has 0 radical (unpaired) electrons. The summed E-state index contributed by atoms with van der Waals surface area (Å²) in [4.78, 5) is 0. The zero-order valence-electron chi connectivity index (χ0n) is 4.65. The highest BCUT2D eigenvalue weighted by molar-refractivity contribution is 7.81. The first kappa shape index (κ1) is 6.35. The Morgan fingerprint density at radius 1 is 1.50 bits per heavy atom. The molecule has 0 amide bonds. The largest absolute Gasteiger partial charge is 0.173 e. The fourth-order valence-corrected chi connectivity index (χ4v) is 0. The Hall–Kier alpha value is 0.350. The van der Waals surface area contributed by atoms with Gasteiger partial charge in [-0.25, -0.2) is 0 Å². The summed E-state index contributed by atoms with van der Waals surface area (Å²) in [5, 5.41) is 0. The average Bonchev–Trinajstić information content (AvgIpc) is 1.35. The molecule has 0 saturated heterocycles. The van der Waals surface area contributed by atoms with E-state index in [2.05, 4.69) is 33.4 Å². The molecule has 0 aliphatic heterocycles. The van der Waals surface area contributed by atoms with Gasteiger partial charge in [0.25, 0.3) is 0 Å². The van der Waals surface area contributed by atoms with Crippen LogP contribution in [0.3, 0.4) is 0 Å². The summed E-state index contributed by atoms with van der Waals surface area (Å²) in [5.41, 5.74) is 0. The van der Waals surface area contributed by atoms with Gasteiger partial charge in [-0.05, 0) is 6.42 Å². The zero-order chi connectivity index (χ0) is 5.21. The molecule has 38 valence electrons. The lowest BCUT2D eigenvalue weighted by atomic mass is 10.1. The van der Waals surface area contributed by atoms with E-state index in [1.807, 2.05) is 0 Å². The van der Waals surface area contributed by atoms with Gasteiger partial charge in [-0.3, -0.25) is 0 Å². The van der Waals surface area contributed by atoms with Crippen molar-refractivity contribution in [3.05, 3.63) is 0 Å². The fraction of sp³-hybridized carbons (Fsp3) is 1.00. The van der Waals surface area contributed by atoms with Gasteiger partial charge in [0.15, 0.2) is 0 Å². The number of thiol groups is 1. The quantitative estimate of drug-likeness (QED) is 0.484. The number of hydrogen-bond donors (Lipinski definition) is 1. The normalized spacial score (nSPS) is 12.0. The molecule has 0 atom stereocenters. The number of hydrogen-bond acceptors (Lipinski definition) is 1. The lowest BCUT2D eigenvalue weighted by Gasteiger charge is -2.11. The molecule has 0 aromatic carbocycles. The Morgan fingerprint density at radius 3 is 1.67 bits per heavy atom. The molecule has 0 rings (SSSR count). The van der Waals surface area contributed by atoms with E-state index in [9.17, 15) is 0 Å². The molecule has 6 heavy (non-hydrogen) atoms. The second kappa shape index (κ2) is 1.87. The second-order valence-corrected chi connectivity index (χ2v) is 3.38. The van der Waals surface area contributed by atoms with E-state index in [-0.39, 0.29) is 4.75 Å². The summed E-state index contributed by atoms with van der Waals surface area (Å²) in [5.74, 6) is 0. The van der Waals surface area contributed by atoms with Gasteiger partial charge < -0.3 is 0 Å². The molecule has 1 heteroatoms. The Balaban J connectivity index is 3.17. The van der Waals surface area contributed by atoms with Crippen LogP contribution in [0.1, 0.15) is 27.2 Å². The fourth-order valence-electron chi connectivity index (χ4n) is 0. The van der Waals surface area contributed by atoms with Crippen LogP contribution in [0.25, 0.3) is 0 Å². The van der Waals surface area contributed by atoms with Crippen LogP contribution in [0.5, 0.6) is 0 Å². The highest BCUT2D eigenvalue weighted by Crippen LogP contribution is 2.14. The molecule has 0 aromatic rings. The van der Waals surface area contributed by atoms with Crippen molar-refractivity contribution in [2.75, 3.05) is 0 Å². The minimum Gasteiger partial charge on any atom is -0.173 e. The van der Waals surface area contributed by atoms with Gasteiger partial charge in [0.05, 0.1) is 0 Å². The van der Waals surface area contributed by atoms with Gasteiger partial charge in [0.2, 0.25) is 0 Å². The summed E-state index contributed by atoms with van der Waals surface area (Å²) in [6, 6.07) is 0. The van der Waals surface area contributed by atoms with E-state index in [4.69, 9.17) is 0 Å². The third-order valence-corrected chi connectivity index (χ3v) is 1.18. The van der Waals surface area contributed by atoms with Crippen molar-refractivity contribution in [2.24, 2.45) is 0 Å². The monoisotopic (exact) mass is 104 g/mol. The van der Waals surface area contributed by atoms with Crippen LogP contribution in [0.2, 0.25) is 0 Å². The highest BCUT2D eigenvalue weighted by atomic mass is 32.1. The Bertz CT molecular complexity index is 33.7. The van der Waals surface area contributed by atoms with Crippen molar-refractivity contribution < 1.29 is 0 Å². The van der Waals surface area contributed by atoms with Crippen LogP contribution in [0, 0.1) is 0 Å². The van der Waals surface area contributed by atoms with Crippen LogP contribution < -0.4 is 0 Å². The Kier molecular flexibility index (Phi) is 1.98. The Morgan fingerprint density at radius 2 is 1.67 bits per heavy atom. The summed E-state index contributed by atoms with van der Waals surface area (Å²) in [6.07, 6.45) is 1.14. The molecular weight excluding hydrogens is 92.1 g/mol. The van der Waals surface area contributed by atoms with Gasteiger partial charge in [-0.1, -0.05) is 20.8 Å². The van der Waals surface area contributed by atoms with Gasteiger partial charge in [-0.15, -0.1) is 0 Å². The zero-order valence-corrected chi connectivity index (χ0v) is 5.55. The molecule has 0 N–H and O–H groups in total. The van der Waals surface area contributed by atoms with Gasteiger partial charge in [-0.2, -0.15) is 12.6 Å². The van der Waals surface area contributed by atoms with E-state index < -0.39 is 0 Å². The molecule has 0 aromatic heterocycles. The first-order valence-electron chi connectivity index (χ1n) is 2.28. The van der Waals surface area contributed by atoms with Crippen molar-refractivity contribution in [1.29, 1.82) is 0 Å². The molecule has 0 spiro atoms. The van der Waals surface area contributed by atoms with E-state index in [0.717, 1.165) is 6.42 Å². The summed E-state index contributed by atoms with van der Waals surface area (Å²) < 4.78 is 0.236. The van der Waals surface area contributed by atoms with E-state index >= 15 is 0 Å². The molecule has 0 nitrogen and oxygen atoms in total. The van der Waals surface area contributed by atoms with Crippen LogP contribution in [0.4, 0.5) is 0 Å². The maximum atomic E-state index is 4.25. The minimum atomic E-state index is 0.236. The maximum Gasteiger partial charge on any atom is 0.00705 e. The summed E-state index contributed by atoms with van der Waals surface area (Å²) in [7, 11) is 0. The molecule has 0 aliphatic rings. The second-order valence-electron chi connectivity index (χ2n) is 2.17. The van der Waals surface area contributed by atoms with Crippen molar-refractivity contribution in [2.45, 2.75) is 31.9 Å². The van der Waals surface area contributed by atoms with E-state index in [1.165, 1.54) is 0 Å².